The Bertz CT molecular complexity index is 559. The van der Waals surface area contributed by atoms with Crippen molar-refractivity contribution in [3.8, 4) is 0 Å². The highest BCUT2D eigenvalue weighted by molar-refractivity contribution is 5.88. The minimum absolute atomic E-state index is 0.0959. The summed E-state index contributed by atoms with van der Waals surface area (Å²) >= 11 is 0. The maximum Gasteiger partial charge on any atom is 0.273 e. The first-order chi connectivity index (χ1) is 7.02. The molecule has 1 aromatic heterocycles. The molecule has 0 aliphatic carbocycles. The Hall–Kier alpha value is -2.11. The number of nitrogens with zero attached hydrogens (tertiary/aromatic N) is 3. The zero-order valence-corrected chi connectivity index (χ0v) is 8.39. The van der Waals surface area contributed by atoms with Crippen molar-refractivity contribution in [2.75, 3.05) is 5.84 Å². The number of hydrogen-bond donors (Lipinski definition) is 1. The molecule has 15 heavy (non-hydrogen) atoms. The maximum absolute atomic E-state index is 10.7. The van der Waals surface area contributed by atoms with Gasteiger partial charge < -0.3 is 5.84 Å². The number of hydrogen-bond acceptors (Lipinski definition) is 4. The van der Waals surface area contributed by atoms with Gasteiger partial charge in [0.15, 0.2) is 0 Å². The third-order valence-corrected chi connectivity index (χ3v) is 2.48. The Balaban J connectivity index is 2.89. The molecule has 6 nitrogen and oxygen atoms in total. The SMILES string of the molecule is Cc1nn(N)c2ccc([N+](=O)[O-])c(C)c12. The number of benzene rings is 1. The molecular formula is C9H10N4O2. The Kier molecular flexibility index (Phi) is 1.85. The van der Waals surface area contributed by atoms with E-state index in [0.29, 0.717) is 16.8 Å². The Morgan fingerprint density at radius 1 is 1.47 bits per heavy atom. The summed E-state index contributed by atoms with van der Waals surface area (Å²) < 4.78 is 0. The van der Waals surface area contributed by atoms with Gasteiger partial charge in [0.1, 0.15) is 0 Å². The molecule has 0 bridgehead atoms. The molecule has 0 fully saturated rings. The Labute approximate surface area is 85.4 Å². The number of nitro benzene ring substituents is 1. The van der Waals surface area contributed by atoms with E-state index in [-0.39, 0.29) is 5.69 Å². The largest absolute Gasteiger partial charge is 0.323 e. The van der Waals surface area contributed by atoms with E-state index in [4.69, 9.17) is 5.84 Å². The van der Waals surface area contributed by atoms with Crippen LogP contribution in [0.3, 0.4) is 0 Å². The molecule has 0 aliphatic rings. The average Bonchev–Trinajstić information content (AvgIpc) is 2.43. The normalized spacial score (nSPS) is 10.8. The lowest BCUT2D eigenvalue weighted by Gasteiger charge is -1.99. The number of aromatic nitrogens is 2. The van der Waals surface area contributed by atoms with Crippen LogP contribution in [0, 0.1) is 24.0 Å². The first-order valence-electron chi connectivity index (χ1n) is 4.40. The Morgan fingerprint density at radius 3 is 2.73 bits per heavy atom. The van der Waals surface area contributed by atoms with Crippen LogP contribution >= 0.6 is 0 Å². The summed E-state index contributed by atoms with van der Waals surface area (Å²) in [6.45, 7) is 3.48. The summed E-state index contributed by atoms with van der Waals surface area (Å²) in [6.07, 6.45) is 0. The van der Waals surface area contributed by atoms with E-state index in [2.05, 4.69) is 5.10 Å². The lowest BCUT2D eigenvalue weighted by molar-refractivity contribution is -0.385. The summed E-state index contributed by atoms with van der Waals surface area (Å²) in [4.78, 5) is 11.6. The van der Waals surface area contributed by atoms with Gasteiger partial charge in [-0.25, -0.2) is 0 Å². The number of nitrogen functional groups attached to an aromatic ring is 1. The fourth-order valence-electron chi connectivity index (χ4n) is 1.80. The molecule has 78 valence electrons. The van der Waals surface area contributed by atoms with Crippen molar-refractivity contribution in [3.63, 3.8) is 0 Å². The van der Waals surface area contributed by atoms with Gasteiger partial charge in [-0.05, 0) is 19.9 Å². The number of aryl methyl sites for hydroxylation is 2. The maximum atomic E-state index is 10.7. The highest BCUT2D eigenvalue weighted by atomic mass is 16.6. The zero-order chi connectivity index (χ0) is 11.2. The number of nitro groups is 1. The van der Waals surface area contributed by atoms with E-state index in [1.54, 1.807) is 19.9 Å². The second kappa shape index (κ2) is 2.94. The van der Waals surface area contributed by atoms with Crippen molar-refractivity contribution in [3.05, 3.63) is 33.5 Å². The van der Waals surface area contributed by atoms with Crippen molar-refractivity contribution in [1.29, 1.82) is 0 Å². The lowest BCUT2D eigenvalue weighted by atomic mass is 10.1. The number of fused-ring (bicyclic) bond motifs is 1. The Morgan fingerprint density at radius 2 is 2.13 bits per heavy atom. The smallest absolute Gasteiger partial charge is 0.273 e. The molecule has 0 atom stereocenters. The fourth-order valence-corrected chi connectivity index (χ4v) is 1.80. The van der Waals surface area contributed by atoms with Gasteiger partial charge in [-0.2, -0.15) is 9.89 Å². The highest BCUT2D eigenvalue weighted by Crippen LogP contribution is 2.28. The van der Waals surface area contributed by atoms with Gasteiger partial charge in [-0.1, -0.05) is 0 Å². The van der Waals surface area contributed by atoms with Crippen molar-refractivity contribution >= 4 is 16.6 Å². The minimum atomic E-state index is -0.401. The van der Waals surface area contributed by atoms with E-state index < -0.39 is 4.92 Å². The molecule has 0 spiro atoms. The zero-order valence-electron chi connectivity index (χ0n) is 8.39. The molecule has 2 N–H and O–H groups in total. The fraction of sp³-hybridized carbons (Fsp3) is 0.222. The van der Waals surface area contributed by atoms with Crippen molar-refractivity contribution in [2.24, 2.45) is 0 Å². The van der Waals surface area contributed by atoms with Crippen molar-refractivity contribution in [2.45, 2.75) is 13.8 Å². The molecule has 0 unspecified atom stereocenters. The van der Waals surface area contributed by atoms with Crippen LogP contribution in [-0.2, 0) is 0 Å². The molecule has 1 heterocycles. The van der Waals surface area contributed by atoms with Crippen LogP contribution in [0.25, 0.3) is 10.9 Å². The molecule has 1 aromatic carbocycles. The molecule has 0 saturated carbocycles. The van der Waals surface area contributed by atoms with Gasteiger partial charge in [0.05, 0.1) is 16.1 Å². The monoisotopic (exact) mass is 206 g/mol. The summed E-state index contributed by atoms with van der Waals surface area (Å²) in [7, 11) is 0. The molecule has 0 saturated heterocycles. The quantitative estimate of drug-likeness (QED) is 0.432. The first-order valence-corrected chi connectivity index (χ1v) is 4.40. The van der Waals surface area contributed by atoms with Gasteiger partial charge >= 0.3 is 0 Å². The van der Waals surface area contributed by atoms with Crippen LogP contribution in [0.5, 0.6) is 0 Å². The average molecular weight is 206 g/mol. The van der Waals surface area contributed by atoms with Crippen LogP contribution in [0.2, 0.25) is 0 Å². The summed E-state index contributed by atoms with van der Waals surface area (Å²) in [5, 5.41) is 15.5. The van der Waals surface area contributed by atoms with E-state index >= 15 is 0 Å². The van der Waals surface area contributed by atoms with Gasteiger partial charge in [-0.3, -0.25) is 10.1 Å². The van der Waals surface area contributed by atoms with Crippen molar-refractivity contribution in [1.82, 2.24) is 9.89 Å². The van der Waals surface area contributed by atoms with E-state index in [1.807, 2.05) is 0 Å². The topological polar surface area (TPSA) is 87.0 Å². The van der Waals surface area contributed by atoms with Crippen LogP contribution < -0.4 is 5.84 Å². The molecule has 6 heteroatoms. The molecule has 2 rings (SSSR count). The molecule has 0 aliphatic heterocycles. The lowest BCUT2D eigenvalue weighted by Crippen LogP contribution is -2.09. The van der Waals surface area contributed by atoms with E-state index in [0.717, 1.165) is 5.39 Å². The van der Waals surface area contributed by atoms with Gasteiger partial charge in [-0.15, -0.1) is 0 Å². The third-order valence-electron chi connectivity index (χ3n) is 2.48. The van der Waals surface area contributed by atoms with Crippen LogP contribution in [0.15, 0.2) is 12.1 Å². The second-order valence-electron chi connectivity index (χ2n) is 3.39. The third kappa shape index (κ3) is 1.22. The van der Waals surface area contributed by atoms with Crippen LogP contribution in [0.4, 0.5) is 5.69 Å². The van der Waals surface area contributed by atoms with E-state index in [1.165, 1.54) is 10.9 Å². The van der Waals surface area contributed by atoms with E-state index in [9.17, 15) is 10.1 Å². The number of nitrogens with two attached hydrogens (primary N) is 1. The first kappa shape index (κ1) is 9.45. The van der Waals surface area contributed by atoms with Gasteiger partial charge in [0.25, 0.3) is 5.69 Å². The van der Waals surface area contributed by atoms with Crippen molar-refractivity contribution < 1.29 is 4.92 Å². The summed E-state index contributed by atoms with van der Waals surface area (Å²) in [5.74, 6) is 5.61. The highest BCUT2D eigenvalue weighted by Gasteiger charge is 2.17. The standard InChI is InChI=1S/C9H10N4O2/c1-5-7(13(14)15)3-4-8-9(5)6(2)11-12(8)10/h3-4H,10H2,1-2H3. The van der Waals surface area contributed by atoms with Gasteiger partial charge in [0, 0.05) is 17.0 Å². The molecular weight excluding hydrogens is 196 g/mol. The predicted octanol–water partition coefficient (Wildman–Crippen LogP) is 1.28. The van der Waals surface area contributed by atoms with Crippen LogP contribution in [-0.4, -0.2) is 14.8 Å². The summed E-state index contributed by atoms with van der Waals surface area (Å²) in [6, 6.07) is 3.06. The van der Waals surface area contributed by atoms with Crippen LogP contribution in [0.1, 0.15) is 11.3 Å². The number of rotatable bonds is 1. The summed E-state index contributed by atoms with van der Waals surface area (Å²) in [5.41, 5.74) is 2.11. The molecule has 0 radical (unpaired) electrons. The second-order valence-corrected chi connectivity index (χ2v) is 3.39. The minimum Gasteiger partial charge on any atom is -0.323 e. The molecule has 0 amide bonds. The van der Waals surface area contributed by atoms with Gasteiger partial charge in [0.2, 0.25) is 0 Å². The molecule has 2 aromatic rings. The predicted molar refractivity (Wildman–Crippen MR) is 56.0 cm³/mol.